The number of nitrogens with zero attached hydrogens (tertiary/aromatic N) is 2. The van der Waals surface area contributed by atoms with Gasteiger partial charge in [-0.05, 0) is 42.3 Å². The van der Waals surface area contributed by atoms with Gasteiger partial charge in [-0.2, -0.15) is 5.26 Å². The fourth-order valence-electron chi connectivity index (χ4n) is 4.08. The first-order valence-corrected chi connectivity index (χ1v) is 10.5. The molecule has 0 aliphatic carbocycles. The number of methoxy groups -OCH3 is 1. The molecule has 6 nitrogen and oxygen atoms in total. The van der Waals surface area contributed by atoms with Crippen molar-refractivity contribution in [2.75, 3.05) is 12.0 Å². The first-order valence-electron chi connectivity index (χ1n) is 10.5. The van der Waals surface area contributed by atoms with Gasteiger partial charge in [-0.15, -0.1) is 0 Å². The molecule has 0 spiro atoms. The zero-order valence-electron chi connectivity index (χ0n) is 18.1. The molecule has 6 heteroatoms. The minimum Gasteiger partial charge on any atom is -0.503 e. The molecule has 0 saturated carbocycles. The molecule has 1 atom stereocenters. The maximum absolute atomic E-state index is 13.4. The molecule has 1 heterocycles. The Morgan fingerprint density at radius 2 is 1.70 bits per heavy atom. The Bertz CT molecular complexity index is 1260. The van der Waals surface area contributed by atoms with E-state index in [-0.39, 0.29) is 17.8 Å². The third kappa shape index (κ3) is 4.21. The number of nitriles is 1. The van der Waals surface area contributed by atoms with Gasteiger partial charge in [0.15, 0.2) is 11.5 Å². The summed E-state index contributed by atoms with van der Waals surface area (Å²) in [5.74, 6) is -1.04. The third-order valence-corrected chi connectivity index (χ3v) is 5.70. The van der Waals surface area contributed by atoms with Crippen LogP contribution in [-0.4, -0.2) is 23.9 Å². The Morgan fingerprint density at radius 1 is 1.03 bits per heavy atom. The number of aryl methyl sites for hydroxylation is 1. The molecule has 1 N–H and O–H groups in total. The number of rotatable bonds is 7. The molecule has 1 aliphatic rings. The first kappa shape index (κ1) is 21.8. The van der Waals surface area contributed by atoms with Crippen LogP contribution in [0.2, 0.25) is 0 Å². The van der Waals surface area contributed by atoms with Crippen LogP contribution in [-0.2, 0) is 16.0 Å². The number of amides is 1. The van der Waals surface area contributed by atoms with Gasteiger partial charge in [0.05, 0.1) is 30.4 Å². The minimum atomic E-state index is -0.857. The molecule has 0 bridgehead atoms. The molecular weight excluding hydrogens is 416 g/mol. The van der Waals surface area contributed by atoms with E-state index in [0.29, 0.717) is 29.0 Å². The number of Topliss-reactive ketones (excluding diaryl/α,β-unsaturated/α-hetero) is 1. The summed E-state index contributed by atoms with van der Waals surface area (Å²) in [6, 6.07) is 24.3. The highest BCUT2D eigenvalue weighted by atomic mass is 16.5. The molecule has 3 aromatic rings. The molecule has 4 rings (SSSR count). The summed E-state index contributed by atoms with van der Waals surface area (Å²) in [5, 5.41) is 19.9. The van der Waals surface area contributed by atoms with Gasteiger partial charge in [0.25, 0.3) is 5.91 Å². The zero-order valence-corrected chi connectivity index (χ0v) is 18.1. The fraction of sp³-hybridized carbons (Fsp3) is 0.148. The van der Waals surface area contributed by atoms with Crippen LogP contribution in [0, 0.1) is 11.3 Å². The minimum absolute atomic E-state index is 0.0461. The van der Waals surface area contributed by atoms with Crippen molar-refractivity contribution in [3.05, 3.63) is 107 Å². The van der Waals surface area contributed by atoms with Crippen LogP contribution in [0.15, 0.2) is 90.2 Å². The van der Waals surface area contributed by atoms with Crippen molar-refractivity contribution >= 4 is 17.4 Å². The number of aliphatic hydroxyl groups excluding tert-OH is 1. The number of hydrogen-bond acceptors (Lipinski definition) is 5. The van der Waals surface area contributed by atoms with Gasteiger partial charge < -0.3 is 9.84 Å². The molecule has 0 fully saturated rings. The highest BCUT2D eigenvalue weighted by molar-refractivity contribution is 6.16. The number of benzene rings is 3. The lowest BCUT2D eigenvalue weighted by molar-refractivity contribution is -0.118. The normalized spacial score (nSPS) is 15.5. The molecule has 0 saturated heterocycles. The van der Waals surface area contributed by atoms with Crippen LogP contribution >= 0.6 is 0 Å². The molecule has 164 valence electrons. The summed E-state index contributed by atoms with van der Waals surface area (Å²) in [4.78, 5) is 27.9. The number of carbonyl (C=O) groups excluding carboxylic acids is 2. The van der Waals surface area contributed by atoms with Gasteiger partial charge in [0.2, 0.25) is 0 Å². The standard InChI is InChI=1S/C27H22N2O4/c1-33-23-10-6-5-9-21(23)25-24(22(30)16-13-18-7-3-2-4-8-18)26(31)27(32)29(25)20-14-11-19(17-28)12-15-20/h2-12,14-15,25,31H,13,16H2,1H3. The third-order valence-electron chi connectivity index (χ3n) is 5.70. The van der Waals surface area contributed by atoms with Crippen LogP contribution < -0.4 is 9.64 Å². The first-order chi connectivity index (χ1) is 16.0. The second-order valence-corrected chi connectivity index (χ2v) is 7.65. The predicted octanol–water partition coefficient (Wildman–Crippen LogP) is 4.67. The molecule has 0 aromatic heterocycles. The quantitative estimate of drug-likeness (QED) is 0.579. The summed E-state index contributed by atoms with van der Waals surface area (Å²) >= 11 is 0. The second kappa shape index (κ2) is 9.41. The number of carbonyl (C=O) groups is 2. The summed E-state index contributed by atoms with van der Waals surface area (Å²) in [7, 11) is 1.52. The topological polar surface area (TPSA) is 90.6 Å². The number of aliphatic hydroxyl groups is 1. The largest absolute Gasteiger partial charge is 0.503 e. The van der Waals surface area contributed by atoms with Gasteiger partial charge in [-0.25, -0.2) is 0 Å². The van der Waals surface area contributed by atoms with E-state index in [1.54, 1.807) is 48.5 Å². The summed E-state index contributed by atoms with van der Waals surface area (Å²) < 4.78 is 5.51. The fourth-order valence-corrected chi connectivity index (χ4v) is 4.08. The van der Waals surface area contributed by atoms with Crippen LogP contribution in [0.1, 0.15) is 29.2 Å². The second-order valence-electron chi connectivity index (χ2n) is 7.65. The van der Waals surface area contributed by atoms with E-state index in [1.165, 1.54) is 12.0 Å². The highest BCUT2D eigenvalue weighted by Gasteiger charge is 2.45. The monoisotopic (exact) mass is 438 g/mol. The number of ether oxygens (including phenoxy) is 1. The van der Waals surface area contributed by atoms with Crippen LogP contribution in [0.3, 0.4) is 0 Å². The lowest BCUT2D eigenvalue weighted by Crippen LogP contribution is -2.31. The average Bonchev–Trinajstić information content (AvgIpc) is 3.13. The summed E-state index contributed by atoms with van der Waals surface area (Å²) in [6.07, 6.45) is 0.629. The lowest BCUT2D eigenvalue weighted by Gasteiger charge is -2.28. The number of ketones is 1. The Morgan fingerprint density at radius 3 is 2.36 bits per heavy atom. The predicted molar refractivity (Wildman–Crippen MR) is 124 cm³/mol. The van der Waals surface area contributed by atoms with Crippen molar-refractivity contribution in [2.24, 2.45) is 0 Å². The Balaban J connectivity index is 1.76. The van der Waals surface area contributed by atoms with Crippen molar-refractivity contribution < 1.29 is 19.4 Å². The van der Waals surface area contributed by atoms with Crippen molar-refractivity contribution in [2.45, 2.75) is 18.9 Å². The SMILES string of the molecule is COc1ccccc1C1C(C(=O)CCc2ccccc2)=C(O)C(=O)N1c1ccc(C#N)cc1. The van der Waals surface area contributed by atoms with Crippen LogP contribution in [0.25, 0.3) is 0 Å². The maximum atomic E-state index is 13.4. The molecule has 3 aromatic carbocycles. The zero-order chi connectivity index (χ0) is 23.4. The average molecular weight is 438 g/mol. The van der Waals surface area contributed by atoms with Gasteiger partial charge in [-0.1, -0.05) is 48.5 Å². The molecule has 0 radical (unpaired) electrons. The van der Waals surface area contributed by atoms with Crippen LogP contribution in [0.5, 0.6) is 5.75 Å². The van der Waals surface area contributed by atoms with E-state index in [4.69, 9.17) is 10.00 Å². The Hall–Kier alpha value is -4.37. The molecule has 1 amide bonds. The van der Waals surface area contributed by atoms with Gasteiger partial charge in [0, 0.05) is 17.7 Å². The lowest BCUT2D eigenvalue weighted by atomic mass is 9.92. The van der Waals surface area contributed by atoms with Crippen molar-refractivity contribution in [3.63, 3.8) is 0 Å². The number of hydrogen-bond donors (Lipinski definition) is 1. The summed E-state index contributed by atoms with van der Waals surface area (Å²) in [5.41, 5.74) is 2.53. The van der Waals surface area contributed by atoms with Gasteiger partial charge >= 0.3 is 0 Å². The molecule has 1 aliphatic heterocycles. The summed E-state index contributed by atoms with van der Waals surface area (Å²) in [6.45, 7) is 0. The Kier molecular flexibility index (Phi) is 6.23. The van der Waals surface area contributed by atoms with E-state index in [9.17, 15) is 14.7 Å². The van der Waals surface area contributed by atoms with Crippen molar-refractivity contribution in [1.82, 2.24) is 0 Å². The van der Waals surface area contributed by atoms with Gasteiger partial charge in [0.1, 0.15) is 5.75 Å². The van der Waals surface area contributed by atoms with E-state index >= 15 is 0 Å². The van der Waals surface area contributed by atoms with E-state index in [0.717, 1.165) is 5.56 Å². The van der Waals surface area contributed by atoms with E-state index < -0.39 is 17.7 Å². The van der Waals surface area contributed by atoms with Crippen LogP contribution in [0.4, 0.5) is 5.69 Å². The Labute approximate surface area is 192 Å². The van der Waals surface area contributed by atoms with E-state index in [2.05, 4.69) is 0 Å². The van der Waals surface area contributed by atoms with E-state index in [1.807, 2.05) is 36.4 Å². The van der Waals surface area contributed by atoms with Crippen molar-refractivity contribution in [1.29, 1.82) is 5.26 Å². The molecule has 33 heavy (non-hydrogen) atoms. The van der Waals surface area contributed by atoms with Gasteiger partial charge in [-0.3, -0.25) is 14.5 Å². The highest BCUT2D eigenvalue weighted by Crippen LogP contribution is 2.44. The van der Waals surface area contributed by atoms with Crippen molar-refractivity contribution in [3.8, 4) is 11.8 Å². The molecule has 1 unspecified atom stereocenters. The molecular formula is C27H22N2O4. The maximum Gasteiger partial charge on any atom is 0.294 e. The number of para-hydroxylation sites is 1. The number of anilines is 1. The smallest absolute Gasteiger partial charge is 0.294 e.